The van der Waals surface area contributed by atoms with Crippen LogP contribution in [0.5, 0.6) is 0 Å². The van der Waals surface area contributed by atoms with Gasteiger partial charge in [0.15, 0.2) is 0 Å². The molecule has 1 fully saturated rings. The number of carbonyl (C=O) groups is 1. The Morgan fingerprint density at radius 3 is 3.05 bits per heavy atom. The second-order valence-corrected chi connectivity index (χ2v) is 5.41. The second-order valence-electron chi connectivity index (χ2n) is 4.50. The van der Waals surface area contributed by atoms with Crippen LogP contribution in [0.15, 0.2) is 28.9 Å². The summed E-state index contributed by atoms with van der Waals surface area (Å²) in [6.45, 7) is 1.79. The molecule has 1 aliphatic heterocycles. The van der Waals surface area contributed by atoms with Crippen LogP contribution in [-0.2, 0) is 4.79 Å². The average Bonchev–Trinajstić information content (AvgIpc) is 2.40. The van der Waals surface area contributed by atoms with E-state index in [9.17, 15) is 4.79 Å². The van der Waals surface area contributed by atoms with Crippen LogP contribution in [0.3, 0.4) is 0 Å². The Balaban J connectivity index is 2.13. The van der Waals surface area contributed by atoms with Gasteiger partial charge in [0.1, 0.15) is 0 Å². The van der Waals surface area contributed by atoms with Crippen LogP contribution < -0.4 is 16.0 Å². The summed E-state index contributed by atoms with van der Waals surface area (Å²) in [6.07, 6.45) is 1.75. The molecule has 1 aromatic carbocycles. The van der Waals surface area contributed by atoms with Gasteiger partial charge in [0.05, 0.1) is 17.7 Å². The van der Waals surface area contributed by atoms with Crippen molar-refractivity contribution in [1.29, 1.82) is 0 Å². The van der Waals surface area contributed by atoms with Gasteiger partial charge in [-0.25, -0.2) is 0 Å². The number of halogens is 1. The fourth-order valence-electron chi connectivity index (χ4n) is 2.30. The number of rotatable bonds is 1. The monoisotopic (exact) mass is 320 g/mol. The zero-order valence-electron chi connectivity index (χ0n) is 10.2. The number of aromatic nitrogens is 1. The van der Waals surface area contributed by atoms with Crippen molar-refractivity contribution in [3.63, 3.8) is 0 Å². The molecule has 0 aliphatic carbocycles. The molecule has 1 amide bonds. The maximum Gasteiger partial charge on any atom is 0.239 e. The zero-order valence-corrected chi connectivity index (χ0v) is 11.8. The first-order valence-corrected chi connectivity index (χ1v) is 6.80. The second kappa shape index (κ2) is 4.70. The fraction of sp³-hybridized carbons (Fsp3) is 0.231. The summed E-state index contributed by atoms with van der Waals surface area (Å²) in [7, 11) is 0. The van der Waals surface area contributed by atoms with Gasteiger partial charge in [0.25, 0.3) is 0 Å². The number of fused-ring (bicyclic) bond motifs is 1. The molecule has 0 saturated carbocycles. The lowest BCUT2D eigenvalue weighted by Gasteiger charge is -2.29. The quantitative estimate of drug-likeness (QED) is 0.781. The van der Waals surface area contributed by atoms with Crippen LogP contribution in [0.1, 0.15) is 0 Å². The Morgan fingerprint density at radius 1 is 1.42 bits per heavy atom. The summed E-state index contributed by atoms with van der Waals surface area (Å²) in [5, 5.41) is 3.72. The van der Waals surface area contributed by atoms with Crippen LogP contribution in [0, 0.1) is 0 Å². The van der Waals surface area contributed by atoms with Gasteiger partial charge in [-0.15, -0.1) is 0 Å². The molecule has 1 saturated heterocycles. The molecule has 2 heterocycles. The normalized spacial score (nSPS) is 15.6. The topological polar surface area (TPSA) is 71.2 Å². The first-order chi connectivity index (χ1) is 9.15. The predicted octanol–water partition coefficient (Wildman–Crippen LogP) is 1.52. The Morgan fingerprint density at radius 2 is 2.26 bits per heavy atom. The predicted molar refractivity (Wildman–Crippen MR) is 79.1 cm³/mol. The number of nitrogens with zero attached hydrogens (tertiary/aromatic N) is 2. The molecule has 0 radical (unpaired) electrons. The van der Waals surface area contributed by atoms with E-state index in [1.807, 2.05) is 23.1 Å². The molecule has 1 aliphatic rings. The highest BCUT2D eigenvalue weighted by molar-refractivity contribution is 9.10. The molecule has 3 rings (SSSR count). The summed E-state index contributed by atoms with van der Waals surface area (Å²) in [6, 6.07) is 5.74. The van der Waals surface area contributed by atoms with Gasteiger partial charge in [-0.3, -0.25) is 9.78 Å². The maximum atomic E-state index is 11.5. The maximum absolute atomic E-state index is 11.5. The van der Waals surface area contributed by atoms with E-state index in [2.05, 4.69) is 26.2 Å². The number of carbonyl (C=O) groups excluding carboxylic acids is 1. The number of pyridine rings is 1. The molecule has 2 aromatic rings. The molecule has 0 atom stereocenters. The molecule has 19 heavy (non-hydrogen) atoms. The third-order valence-electron chi connectivity index (χ3n) is 3.21. The Labute approximate surface area is 118 Å². The van der Waals surface area contributed by atoms with Gasteiger partial charge in [0.2, 0.25) is 5.91 Å². The number of anilines is 2. The third kappa shape index (κ3) is 2.23. The van der Waals surface area contributed by atoms with Crippen molar-refractivity contribution in [1.82, 2.24) is 10.3 Å². The largest absolute Gasteiger partial charge is 0.398 e. The van der Waals surface area contributed by atoms with E-state index in [-0.39, 0.29) is 5.91 Å². The van der Waals surface area contributed by atoms with E-state index < -0.39 is 0 Å². The highest BCUT2D eigenvalue weighted by atomic mass is 79.9. The van der Waals surface area contributed by atoms with Crippen molar-refractivity contribution in [2.75, 3.05) is 30.3 Å². The first kappa shape index (κ1) is 12.2. The lowest BCUT2D eigenvalue weighted by atomic mass is 10.1. The number of nitrogen functional groups attached to an aromatic ring is 1. The highest BCUT2D eigenvalue weighted by Gasteiger charge is 2.19. The molecule has 6 heteroatoms. The first-order valence-electron chi connectivity index (χ1n) is 6.00. The summed E-state index contributed by atoms with van der Waals surface area (Å²) in [4.78, 5) is 18.0. The average molecular weight is 321 g/mol. The van der Waals surface area contributed by atoms with Crippen molar-refractivity contribution >= 4 is 44.1 Å². The van der Waals surface area contributed by atoms with Gasteiger partial charge in [-0.2, -0.15) is 0 Å². The molecular weight excluding hydrogens is 308 g/mol. The van der Waals surface area contributed by atoms with Gasteiger partial charge >= 0.3 is 0 Å². The van der Waals surface area contributed by atoms with E-state index >= 15 is 0 Å². The summed E-state index contributed by atoms with van der Waals surface area (Å²) >= 11 is 3.40. The van der Waals surface area contributed by atoms with Crippen LogP contribution in [-0.4, -0.2) is 30.5 Å². The van der Waals surface area contributed by atoms with Crippen LogP contribution >= 0.6 is 15.9 Å². The Hall–Kier alpha value is -1.82. The Kier molecular flexibility index (Phi) is 3.02. The standard InChI is InChI=1S/C13H13BrN4O/c14-8-5-9-10(15)1-2-11(13(9)17-6-8)18-4-3-16-12(19)7-18/h1-2,5-6H,3-4,7,15H2,(H,16,19). The molecule has 0 unspecified atom stereocenters. The molecule has 98 valence electrons. The third-order valence-corrected chi connectivity index (χ3v) is 3.64. The molecule has 0 spiro atoms. The number of hydrogen-bond donors (Lipinski definition) is 2. The van der Waals surface area contributed by atoms with E-state index in [4.69, 9.17) is 5.73 Å². The summed E-state index contributed by atoms with van der Waals surface area (Å²) in [5.74, 6) is 0.0355. The van der Waals surface area contributed by atoms with E-state index in [0.29, 0.717) is 18.8 Å². The number of amides is 1. The van der Waals surface area contributed by atoms with Gasteiger partial charge < -0.3 is 16.0 Å². The number of nitrogens with one attached hydrogen (secondary N) is 1. The van der Waals surface area contributed by atoms with Crippen LogP contribution in [0.4, 0.5) is 11.4 Å². The van der Waals surface area contributed by atoms with Gasteiger partial charge in [-0.1, -0.05) is 0 Å². The van der Waals surface area contributed by atoms with E-state index in [1.54, 1.807) is 6.20 Å². The van der Waals surface area contributed by atoms with Crippen LogP contribution in [0.25, 0.3) is 10.9 Å². The Bertz CT molecular complexity index is 658. The minimum absolute atomic E-state index is 0.0355. The number of benzene rings is 1. The van der Waals surface area contributed by atoms with Crippen molar-refractivity contribution in [2.45, 2.75) is 0 Å². The molecular formula is C13H13BrN4O. The number of piperazine rings is 1. The van der Waals surface area contributed by atoms with E-state index in [0.717, 1.165) is 27.6 Å². The highest BCUT2D eigenvalue weighted by Crippen LogP contribution is 2.31. The SMILES string of the molecule is Nc1ccc(N2CCNC(=O)C2)c2ncc(Br)cc12. The molecule has 0 bridgehead atoms. The minimum Gasteiger partial charge on any atom is -0.398 e. The lowest BCUT2D eigenvalue weighted by Crippen LogP contribution is -2.47. The summed E-state index contributed by atoms with van der Waals surface area (Å²) in [5.41, 5.74) is 8.46. The smallest absolute Gasteiger partial charge is 0.239 e. The van der Waals surface area contributed by atoms with Crippen molar-refractivity contribution in [3.05, 3.63) is 28.9 Å². The number of hydrogen-bond acceptors (Lipinski definition) is 4. The molecule has 1 aromatic heterocycles. The van der Waals surface area contributed by atoms with Crippen LogP contribution in [0.2, 0.25) is 0 Å². The van der Waals surface area contributed by atoms with Crippen molar-refractivity contribution in [3.8, 4) is 0 Å². The van der Waals surface area contributed by atoms with E-state index in [1.165, 1.54) is 0 Å². The minimum atomic E-state index is 0.0355. The summed E-state index contributed by atoms with van der Waals surface area (Å²) < 4.78 is 0.889. The van der Waals surface area contributed by atoms with Crippen molar-refractivity contribution < 1.29 is 4.79 Å². The van der Waals surface area contributed by atoms with Gasteiger partial charge in [0, 0.05) is 34.8 Å². The molecule has 3 N–H and O–H groups in total. The number of nitrogens with two attached hydrogens (primary N) is 1. The fourth-order valence-corrected chi connectivity index (χ4v) is 2.63. The van der Waals surface area contributed by atoms with Gasteiger partial charge in [-0.05, 0) is 34.1 Å². The van der Waals surface area contributed by atoms with Crippen molar-refractivity contribution in [2.24, 2.45) is 0 Å². The zero-order chi connectivity index (χ0) is 13.4. The lowest BCUT2D eigenvalue weighted by molar-refractivity contribution is -0.120. The molecule has 5 nitrogen and oxygen atoms in total.